The van der Waals surface area contributed by atoms with Crippen LogP contribution < -0.4 is 10.6 Å². The third-order valence-corrected chi connectivity index (χ3v) is 2.30. The van der Waals surface area contributed by atoms with Gasteiger partial charge in [-0.15, -0.1) is 0 Å². The molecule has 0 aliphatic rings. The Hall–Kier alpha value is -1.88. The van der Waals surface area contributed by atoms with Gasteiger partial charge in [-0.25, -0.2) is 0 Å². The average molecular weight is 250 g/mol. The summed E-state index contributed by atoms with van der Waals surface area (Å²) in [5.41, 5.74) is 0.948. The van der Waals surface area contributed by atoms with Crippen molar-refractivity contribution in [3.05, 3.63) is 35.9 Å². The van der Waals surface area contributed by atoms with Crippen molar-refractivity contribution in [1.82, 2.24) is 10.6 Å². The summed E-state index contributed by atoms with van der Waals surface area (Å²) in [5, 5.41) is 5.10. The highest BCUT2D eigenvalue weighted by atomic mass is 16.5. The van der Waals surface area contributed by atoms with Crippen LogP contribution in [0.25, 0.3) is 0 Å². The molecular weight excluding hydrogens is 232 g/mol. The number of nitrogens with one attached hydrogen (secondary N) is 2. The fourth-order valence-electron chi connectivity index (χ4n) is 1.44. The second kappa shape index (κ2) is 7.45. The summed E-state index contributed by atoms with van der Waals surface area (Å²) in [7, 11) is 1.54. The average Bonchev–Trinajstić information content (AvgIpc) is 2.37. The van der Waals surface area contributed by atoms with Crippen LogP contribution in [0.3, 0.4) is 0 Å². The van der Waals surface area contributed by atoms with Crippen molar-refractivity contribution in [1.29, 1.82) is 0 Å². The zero-order chi connectivity index (χ0) is 13.4. The molecule has 0 radical (unpaired) electrons. The van der Waals surface area contributed by atoms with Crippen molar-refractivity contribution in [2.45, 2.75) is 19.5 Å². The molecule has 0 spiro atoms. The lowest BCUT2D eigenvalue weighted by Gasteiger charge is -2.12. The van der Waals surface area contributed by atoms with E-state index in [9.17, 15) is 9.59 Å². The second-order valence-electron chi connectivity index (χ2n) is 4.00. The molecule has 0 fully saturated rings. The number of hydrogen-bond acceptors (Lipinski definition) is 3. The Morgan fingerprint density at radius 3 is 2.50 bits per heavy atom. The number of methoxy groups -OCH3 is 1. The van der Waals surface area contributed by atoms with E-state index in [4.69, 9.17) is 4.74 Å². The molecule has 5 heteroatoms. The SMILES string of the molecule is COC[C@@H](C)NC(=O)C(=O)NCc1ccccc1. The number of carbonyl (C=O) groups is 2. The fraction of sp³-hybridized carbons (Fsp3) is 0.385. The number of carbonyl (C=O) groups excluding carboxylic acids is 2. The smallest absolute Gasteiger partial charge is 0.309 e. The third kappa shape index (κ3) is 4.97. The van der Waals surface area contributed by atoms with Crippen LogP contribution in [0.1, 0.15) is 12.5 Å². The van der Waals surface area contributed by atoms with Gasteiger partial charge in [0.1, 0.15) is 0 Å². The van der Waals surface area contributed by atoms with Crippen LogP contribution in [-0.4, -0.2) is 31.6 Å². The number of rotatable bonds is 5. The number of ether oxygens (including phenoxy) is 1. The van der Waals surface area contributed by atoms with Gasteiger partial charge in [0.05, 0.1) is 6.61 Å². The minimum Gasteiger partial charge on any atom is -0.383 e. The van der Waals surface area contributed by atoms with Crippen molar-refractivity contribution in [3.63, 3.8) is 0 Å². The molecule has 0 bridgehead atoms. The first kappa shape index (κ1) is 14.2. The first-order chi connectivity index (χ1) is 8.63. The standard InChI is InChI=1S/C13H18N2O3/c1-10(9-18-2)15-13(17)12(16)14-8-11-6-4-3-5-7-11/h3-7,10H,8-9H2,1-2H3,(H,14,16)(H,15,17)/t10-/m1/s1. The van der Waals surface area contributed by atoms with E-state index >= 15 is 0 Å². The van der Waals surface area contributed by atoms with Crippen LogP contribution in [-0.2, 0) is 20.9 Å². The van der Waals surface area contributed by atoms with E-state index in [0.29, 0.717) is 13.2 Å². The lowest BCUT2D eigenvalue weighted by Crippen LogP contribution is -2.44. The van der Waals surface area contributed by atoms with Crippen LogP contribution in [0.5, 0.6) is 0 Å². The Morgan fingerprint density at radius 2 is 1.89 bits per heavy atom. The van der Waals surface area contributed by atoms with E-state index in [2.05, 4.69) is 10.6 Å². The van der Waals surface area contributed by atoms with Gasteiger partial charge in [0.25, 0.3) is 0 Å². The topological polar surface area (TPSA) is 67.4 Å². The summed E-state index contributed by atoms with van der Waals surface area (Å²) in [5.74, 6) is -1.28. The van der Waals surface area contributed by atoms with Crippen LogP contribution in [0, 0.1) is 0 Å². The maximum absolute atomic E-state index is 11.5. The fourth-order valence-corrected chi connectivity index (χ4v) is 1.44. The molecular formula is C13H18N2O3. The number of hydrogen-bond donors (Lipinski definition) is 2. The van der Waals surface area contributed by atoms with Crippen molar-refractivity contribution in [2.24, 2.45) is 0 Å². The highest BCUT2D eigenvalue weighted by Gasteiger charge is 2.15. The second-order valence-corrected chi connectivity index (χ2v) is 4.00. The van der Waals surface area contributed by atoms with Crippen LogP contribution in [0.2, 0.25) is 0 Å². The quantitative estimate of drug-likeness (QED) is 0.746. The first-order valence-electron chi connectivity index (χ1n) is 5.75. The van der Waals surface area contributed by atoms with E-state index in [0.717, 1.165) is 5.56 Å². The Bertz CT molecular complexity index is 392. The van der Waals surface area contributed by atoms with Crippen LogP contribution in [0.4, 0.5) is 0 Å². The molecule has 98 valence electrons. The van der Waals surface area contributed by atoms with E-state index in [1.54, 1.807) is 6.92 Å². The van der Waals surface area contributed by atoms with Crippen molar-refractivity contribution >= 4 is 11.8 Å². The third-order valence-electron chi connectivity index (χ3n) is 2.30. The summed E-state index contributed by atoms with van der Waals surface area (Å²) in [6, 6.07) is 9.22. The minimum atomic E-state index is -0.643. The largest absolute Gasteiger partial charge is 0.383 e. The molecule has 1 aromatic rings. The van der Waals surface area contributed by atoms with E-state index in [1.807, 2.05) is 30.3 Å². The van der Waals surface area contributed by atoms with E-state index in [-0.39, 0.29) is 6.04 Å². The van der Waals surface area contributed by atoms with Gasteiger partial charge >= 0.3 is 11.8 Å². The monoisotopic (exact) mass is 250 g/mol. The van der Waals surface area contributed by atoms with Gasteiger partial charge in [0, 0.05) is 19.7 Å². The maximum Gasteiger partial charge on any atom is 0.309 e. The molecule has 5 nitrogen and oxygen atoms in total. The Balaban J connectivity index is 2.34. The van der Waals surface area contributed by atoms with Crippen molar-refractivity contribution in [3.8, 4) is 0 Å². The lowest BCUT2D eigenvalue weighted by molar-refractivity contribution is -0.139. The maximum atomic E-state index is 11.5. The first-order valence-corrected chi connectivity index (χ1v) is 5.75. The van der Waals surface area contributed by atoms with Gasteiger partial charge in [-0.1, -0.05) is 30.3 Å². The van der Waals surface area contributed by atoms with E-state index < -0.39 is 11.8 Å². The molecule has 0 heterocycles. The molecule has 1 rings (SSSR count). The molecule has 0 saturated carbocycles. The molecule has 2 N–H and O–H groups in total. The van der Waals surface area contributed by atoms with Gasteiger partial charge < -0.3 is 15.4 Å². The zero-order valence-electron chi connectivity index (χ0n) is 10.6. The van der Waals surface area contributed by atoms with E-state index in [1.165, 1.54) is 7.11 Å². The number of benzene rings is 1. The molecule has 0 aliphatic carbocycles. The predicted molar refractivity (Wildman–Crippen MR) is 67.8 cm³/mol. The molecule has 18 heavy (non-hydrogen) atoms. The van der Waals surface area contributed by atoms with Crippen molar-refractivity contribution in [2.75, 3.05) is 13.7 Å². The molecule has 1 aromatic carbocycles. The molecule has 1 atom stereocenters. The lowest BCUT2D eigenvalue weighted by atomic mass is 10.2. The zero-order valence-corrected chi connectivity index (χ0v) is 10.6. The van der Waals surface area contributed by atoms with Crippen LogP contribution in [0.15, 0.2) is 30.3 Å². The summed E-state index contributed by atoms with van der Waals surface area (Å²) in [6.45, 7) is 2.48. The van der Waals surface area contributed by atoms with Gasteiger partial charge in [-0.3, -0.25) is 9.59 Å². The molecule has 0 aliphatic heterocycles. The summed E-state index contributed by atoms with van der Waals surface area (Å²) >= 11 is 0. The summed E-state index contributed by atoms with van der Waals surface area (Å²) in [6.07, 6.45) is 0. The predicted octanol–water partition coefficient (Wildman–Crippen LogP) is 0.454. The Kier molecular flexibility index (Phi) is 5.87. The molecule has 0 saturated heterocycles. The Morgan fingerprint density at radius 1 is 1.22 bits per heavy atom. The highest BCUT2D eigenvalue weighted by molar-refractivity contribution is 6.35. The molecule has 0 aromatic heterocycles. The Labute approximate surface area is 107 Å². The van der Waals surface area contributed by atoms with Crippen molar-refractivity contribution < 1.29 is 14.3 Å². The molecule has 2 amide bonds. The highest BCUT2D eigenvalue weighted by Crippen LogP contribution is 1.96. The number of amides is 2. The summed E-state index contributed by atoms with van der Waals surface area (Å²) in [4.78, 5) is 23.0. The van der Waals surface area contributed by atoms with Gasteiger partial charge in [0.15, 0.2) is 0 Å². The van der Waals surface area contributed by atoms with Crippen LogP contribution >= 0.6 is 0 Å². The normalized spacial score (nSPS) is 11.7. The molecule has 0 unspecified atom stereocenters. The van der Waals surface area contributed by atoms with Gasteiger partial charge in [-0.2, -0.15) is 0 Å². The minimum absolute atomic E-state index is 0.190. The van der Waals surface area contributed by atoms with Gasteiger partial charge in [0.2, 0.25) is 0 Å². The van der Waals surface area contributed by atoms with Gasteiger partial charge in [-0.05, 0) is 12.5 Å². The summed E-state index contributed by atoms with van der Waals surface area (Å²) < 4.78 is 4.87.